The number of ether oxygens (including phenoxy) is 1. The second-order valence-electron chi connectivity index (χ2n) is 3.67. The molecule has 0 aromatic carbocycles. The third-order valence-corrected chi connectivity index (χ3v) is 2.49. The molecule has 0 radical (unpaired) electrons. The summed E-state index contributed by atoms with van der Waals surface area (Å²) in [6, 6.07) is 3.61. The van der Waals surface area contributed by atoms with Gasteiger partial charge in [-0.2, -0.15) is 0 Å². The van der Waals surface area contributed by atoms with Crippen LogP contribution in [0.15, 0.2) is 24.7 Å². The van der Waals surface area contributed by atoms with Gasteiger partial charge in [-0.1, -0.05) is 0 Å². The van der Waals surface area contributed by atoms with Crippen molar-refractivity contribution < 1.29 is 4.74 Å². The molecule has 0 bridgehead atoms. The van der Waals surface area contributed by atoms with Gasteiger partial charge in [0.1, 0.15) is 18.8 Å². The predicted octanol–water partition coefficient (Wildman–Crippen LogP) is 0.925. The number of nitrogens with one attached hydrogen (secondary N) is 1. The first-order valence-electron chi connectivity index (χ1n) is 5.27. The maximum Gasteiger partial charge on any atom is 0.168 e. The highest BCUT2D eigenvalue weighted by Crippen LogP contribution is 2.29. The number of hydrogen-bond donors (Lipinski definition) is 2. The van der Waals surface area contributed by atoms with Gasteiger partial charge in [0, 0.05) is 17.8 Å². The number of pyridine rings is 1. The Balaban J connectivity index is 2.04. The average molecular weight is 229 g/mol. The van der Waals surface area contributed by atoms with E-state index >= 15 is 0 Å². The van der Waals surface area contributed by atoms with Crippen molar-refractivity contribution in [1.29, 1.82) is 0 Å². The SMILES string of the molecule is Nc1cc(-c2cnc3c(c2)OCCN3)ncn1. The molecule has 0 saturated carbocycles. The van der Waals surface area contributed by atoms with Crippen LogP contribution in [0.1, 0.15) is 0 Å². The first-order chi connectivity index (χ1) is 8.33. The van der Waals surface area contributed by atoms with Crippen LogP contribution in [0.3, 0.4) is 0 Å². The minimum atomic E-state index is 0.437. The van der Waals surface area contributed by atoms with Crippen molar-refractivity contribution in [2.45, 2.75) is 0 Å². The van der Waals surface area contributed by atoms with Crippen LogP contribution in [-0.2, 0) is 0 Å². The highest BCUT2D eigenvalue weighted by molar-refractivity contribution is 5.66. The van der Waals surface area contributed by atoms with Crippen molar-refractivity contribution in [2.75, 3.05) is 24.2 Å². The number of hydrogen-bond acceptors (Lipinski definition) is 6. The van der Waals surface area contributed by atoms with Gasteiger partial charge in [-0.15, -0.1) is 0 Å². The van der Waals surface area contributed by atoms with Gasteiger partial charge in [-0.05, 0) is 6.07 Å². The van der Waals surface area contributed by atoms with Crippen LogP contribution in [0.5, 0.6) is 5.75 Å². The van der Waals surface area contributed by atoms with Gasteiger partial charge in [0.2, 0.25) is 0 Å². The molecule has 0 spiro atoms. The molecule has 17 heavy (non-hydrogen) atoms. The topological polar surface area (TPSA) is 86.0 Å². The summed E-state index contributed by atoms with van der Waals surface area (Å²) >= 11 is 0. The lowest BCUT2D eigenvalue weighted by atomic mass is 10.2. The molecule has 3 N–H and O–H groups in total. The van der Waals surface area contributed by atoms with E-state index in [9.17, 15) is 0 Å². The molecule has 0 atom stereocenters. The van der Waals surface area contributed by atoms with Gasteiger partial charge in [-0.25, -0.2) is 15.0 Å². The van der Waals surface area contributed by atoms with Gasteiger partial charge in [0.15, 0.2) is 11.6 Å². The number of aromatic nitrogens is 3. The molecule has 2 aromatic rings. The Morgan fingerprint density at radius 2 is 2.18 bits per heavy atom. The van der Waals surface area contributed by atoms with E-state index in [2.05, 4.69) is 20.3 Å². The van der Waals surface area contributed by atoms with Crippen molar-refractivity contribution in [2.24, 2.45) is 0 Å². The van der Waals surface area contributed by atoms with Crippen LogP contribution >= 0.6 is 0 Å². The van der Waals surface area contributed by atoms with Crippen molar-refractivity contribution in [3.63, 3.8) is 0 Å². The second kappa shape index (κ2) is 3.89. The predicted molar refractivity (Wildman–Crippen MR) is 63.7 cm³/mol. The molecule has 1 aliphatic heterocycles. The summed E-state index contributed by atoms with van der Waals surface area (Å²) in [5.74, 6) is 1.94. The molecule has 86 valence electrons. The molecule has 0 aliphatic carbocycles. The highest BCUT2D eigenvalue weighted by Gasteiger charge is 2.12. The monoisotopic (exact) mass is 229 g/mol. The minimum Gasteiger partial charge on any atom is -0.488 e. The smallest absolute Gasteiger partial charge is 0.168 e. The number of anilines is 2. The maximum atomic E-state index is 5.62. The van der Waals surface area contributed by atoms with Gasteiger partial charge < -0.3 is 15.8 Å². The van der Waals surface area contributed by atoms with Crippen molar-refractivity contribution in [3.05, 3.63) is 24.7 Å². The summed E-state index contributed by atoms with van der Waals surface area (Å²) < 4.78 is 5.52. The van der Waals surface area contributed by atoms with E-state index < -0.39 is 0 Å². The van der Waals surface area contributed by atoms with E-state index in [1.54, 1.807) is 12.3 Å². The van der Waals surface area contributed by atoms with Gasteiger partial charge in [0.25, 0.3) is 0 Å². The Bertz CT molecular complexity index is 557. The maximum absolute atomic E-state index is 5.62. The minimum absolute atomic E-state index is 0.437. The number of rotatable bonds is 1. The molecule has 6 heteroatoms. The zero-order chi connectivity index (χ0) is 11.7. The fourth-order valence-electron chi connectivity index (χ4n) is 1.69. The van der Waals surface area contributed by atoms with Crippen LogP contribution in [-0.4, -0.2) is 28.1 Å². The Hall–Kier alpha value is -2.37. The molecule has 3 heterocycles. The summed E-state index contributed by atoms with van der Waals surface area (Å²) in [6.45, 7) is 1.42. The largest absolute Gasteiger partial charge is 0.488 e. The number of nitrogens with zero attached hydrogens (tertiary/aromatic N) is 3. The van der Waals surface area contributed by atoms with Crippen LogP contribution in [0, 0.1) is 0 Å². The summed E-state index contributed by atoms with van der Waals surface area (Å²) in [5, 5.41) is 3.16. The number of nitrogens with two attached hydrogens (primary N) is 1. The normalized spacial score (nSPS) is 13.4. The standard InChI is InChI=1S/C11H11N5O/c12-10-4-8(15-6-16-10)7-3-9-11(14-5-7)13-1-2-17-9/h3-6H,1-2H2,(H,13,14)(H2,12,15,16). The van der Waals surface area contributed by atoms with E-state index in [4.69, 9.17) is 10.5 Å². The third-order valence-electron chi connectivity index (χ3n) is 2.49. The summed E-state index contributed by atoms with van der Waals surface area (Å²) in [7, 11) is 0. The van der Waals surface area contributed by atoms with Crippen LogP contribution in [0.4, 0.5) is 11.6 Å². The molecule has 2 aromatic heterocycles. The third kappa shape index (κ3) is 1.84. The van der Waals surface area contributed by atoms with Crippen LogP contribution < -0.4 is 15.8 Å². The average Bonchev–Trinajstić information content (AvgIpc) is 2.38. The van der Waals surface area contributed by atoms with Crippen molar-refractivity contribution in [3.8, 4) is 17.0 Å². The van der Waals surface area contributed by atoms with E-state index in [1.165, 1.54) is 6.33 Å². The molecule has 0 amide bonds. The summed E-state index contributed by atoms with van der Waals surface area (Å²) in [4.78, 5) is 12.3. The number of nitrogen functional groups attached to an aromatic ring is 1. The molecule has 0 unspecified atom stereocenters. The molecule has 6 nitrogen and oxygen atoms in total. The molecular weight excluding hydrogens is 218 g/mol. The van der Waals surface area contributed by atoms with Crippen LogP contribution in [0.25, 0.3) is 11.3 Å². The first kappa shape index (κ1) is 9.83. The fraction of sp³-hybridized carbons (Fsp3) is 0.182. The number of fused-ring (bicyclic) bond motifs is 1. The Morgan fingerprint density at radius 3 is 3.06 bits per heavy atom. The Kier molecular flexibility index (Phi) is 2.25. The van der Waals surface area contributed by atoms with Crippen molar-refractivity contribution in [1.82, 2.24) is 15.0 Å². The molecule has 3 rings (SSSR count). The quantitative estimate of drug-likeness (QED) is 0.756. The second-order valence-corrected chi connectivity index (χ2v) is 3.67. The van der Waals surface area contributed by atoms with Crippen LogP contribution in [0.2, 0.25) is 0 Å². The lowest BCUT2D eigenvalue weighted by Crippen LogP contribution is -2.18. The van der Waals surface area contributed by atoms with Gasteiger partial charge in [0.05, 0.1) is 12.2 Å². The van der Waals surface area contributed by atoms with E-state index in [0.29, 0.717) is 12.4 Å². The van der Waals surface area contributed by atoms with Crippen molar-refractivity contribution >= 4 is 11.6 Å². The summed E-state index contributed by atoms with van der Waals surface area (Å²) in [5.41, 5.74) is 7.22. The fourth-order valence-corrected chi connectivity index (χ4v) is 1.69. The molecule has 1 aliphatic rings. The van der Waals surface area contributed by atoms with Gasteiger partial charge in [-0.3, -0.25) is 0 Å². The Morgan fingerprint density at radius 1 is 1.24 bits per heavy atom. The molecule has 0 saturated heterocycles. The lowest BCUT2D eigenvalue weighted by molar-refractivity contribution is 0.321. The molecule has 0 fully saturated rings. The summed E-state index contributed by atoms with van der Waals surface area (Å²) in [6.07, 6.45) is 3.17. The first-order valence-corrected chi connectivity index (χ1v) is 5.27. The van der Waals surface area contributed by atoms with E-state index in [-0.39, 0.29) is 0 Å². The highest BCUT2D eigenvalue weighted by atomic mass is 16.5. The Labute approximate surface area is 97.9 Å². The van der Waals surface area contributed by atoms with E-state index in [1.807, 2.05) is 6.07 Å². The van der Waals surface area contributed by atoms with E-state index in [0.717, 1.165) is 29.4 Å². The zero-order valence-electron chi connectivity index (χ0n) is 9.05. The molecular formula is C11H11N5O. The zero-order valence-corrected chi connectivity index (χ0v) is 9.05. The lowest BCUT2D eigenvalue weighted by Gasteiger charge is -2.18. The van der Waals surface area contributed by atoms with Gasteiger partial charge >= 0.3 is 0 Å².